The van der Waals surface area contributed by atoms with Crippen molar-refractivity contribution in [3.63, 3.8) is 0 Å². The van der Waals surface area contributed by atoms with E-state index in [4.69, 9.17) is 0 Å². The first-order chi connectivity index (χ1) is 13.5. The van der Waals surface area contributed by atoms with E-state index in [1.807, 2.05) is 60.7 Å². The highest BCUT2D eigenvalue weighted by Gasteiger charge is 2.41. The van der Waals surface area contributed by atoms with Gasteiger partial charge in [-0.3, -0.25) is 9.59 Å². The van der Waals surface area contributed by atoms with E-state index in [9.17, 15) is 14.4 Å². The maximum atomic E-state index is 13.0. The number of nitrogens with one attached hydrogen (secondary N) is 2. The van der Waals surface area contributed by atoms with E-state index in [0.717, 1.165) is 16.0 Å². The van der Waals surface area contributed by atoms with Gasteiger partial charge in [0.05, 0.1) is 0 Å². The number of aromatic nitrogens is 1. The van der Waals surface area contributed by atoms with Gasteiger partial charge < -0.3 is 10.3 Å². The molecule has 1 aromatic heterocycles. The van der Waals surface area contributed by atoms with Crippen LogP contribution in [0.1, 0.15) is 11.3 Å². The second kappa shape index (κ2) is 7.15. The fraction of sp³-hybridized carbons (Fsp3) is 0.136. The third kappa shape index (κ3) is 3.20. The largest absolute Gasteiger partial charge is 0.329 e. The van der Waals surface area contributed by atoms with Crippen LogP contribution < -0.4 is 15.8 Å². The van der Waals surface area contributed by atoms with Gasteiger partial charge in [-0.05, 0) is 24.1 Å². The van der Waals surface area contributed by atoms with Gasteiger partial charge >= 0.3 is 6.03 Å². The van der Waals surface area contributed by atoms with Crippen molar-refractivity contribution in [2.75, 3.05) is 4.90 Å². The van der Waals surface area contributed by atoms with Crippen molar-refractivity contribution >= 4 is 17.6 Å². The van der Waals surface area contributed by atoms with Crippen LogP contribution in [0.4, 0.5) is 10.5 Å². The highest BCUT2D eigenvalue weighted by molar-refractivity contribution is 6.22. The highest BCUT2D eigenvalue weighted by Crippen LogP contribution is 2.30. The van der Waals surface area contributed by atoms with Crippen LogP contribution in [0, 0.1) is 6.92 Å². The lowest BCUT2D eigenvalue weighted by atomic mass is 10.0. The van der Waals surface area contributed by atoms with Crippen molar-refractivity contribution < 1.29 is 9.59 Å². The molecule has 0 bridgehead atoms. The van der Waals surface area contributed by atoms with Gasteiger partial charge in [-0.1, -0.05) is 60.7 Å². The molecule has 3 amide bonds. The zero-order valence-electron chi connectivity index (χ0n) is 15.3. The number of carbonyl (C=O) groups is 2. The number of imide groups is 1. The molecule has 6 heteroatoms. The summed E-state index contributed by atoms with van der Waals surface area (Å²) in [6.07, 6.45) is 0.367. The zero-order chi connectivity index (χ0) is 19.7. The smallest absolute Gasteiger partial charge is 0.325 e. The van der Waals surface area contributed by atoms with E-state index in [1.165, 1.54) is 0 Å². The Hall–Kier alpha value is -3.67. The van der Waals surface area contributed by atoms with Crippen LogP contribution in [0.2, 0.25) is 0 Å². The van der Waals surface area contributed by atoms with Crippen molar-refractivity contribution in [1.29, 1.82) is 0 Å². The summed E-state index contributed by atoms with van der Waals surface area (Å²) >= 11 is 0. The van der Waals surface area contributed by atoms with Gasteiger partial charge in [-0.25, -0.2) is 9.69 Å². The number of nitrogens with zero attached hydrogens (tertiary/aromatic N) is 1. The summed E-state index contributed by atoms with van der Waals surface area (Å²) in [5.41, 5.74) is 2.48. The lowest BCUT2D eigenvalue weighted by Crippen LogP contribution is -2.36. The van der Waals surface area contributed by atoms with Crippen LogP contribution in [-0.4, -0.2) is 23.0 Å². The number of rotatable bonds is 4. The number of hydrogen-bond acceptors (Lipinski definition) is 3. The second-order valence-electron chi connectivity index (χ2n) is 6.78. The first kappa shape index (κ1) is 17.7. The number of H-pyrrole nitrogens is 1. The Labute approximate surface area is 161 Å². The number of anilines is 1. The van der Waals surface area contributed by atoms with Gasteiger partial charge in [-0.15, -0.1) is 0 Å². The number of pyridine rings is 1. The molecule has 1 atom stereocenters. The predicted molar refractivity (Wildman–Crippen MR) is 107 cm³/mol. The van der Waals surface area contributed by atoms with Gasteiger partial charge in [0, 0.05) is 17.7 Å². The molecule has 2 N–H and O–H groups in total. The standard InChI is InChI=1S/C22H19N3O3/c1-14-12-17(16-10-6-3-7-11-16)19(20(26)23-14)25-21(27)18(24-22(25)28)13-15-8-4-2-5-9-15/h2-12,18H,13H2,1H3,(H,23,26)(H,24,28). The van der Waals surface area contributed by atoms with Crippen molar-refractivity contribution in [2.24, 2.45) is 0 Å². The van der Waals surface area contributed by atoms with Crippen molar-refractivity contribution in [3.05, 3.63) is 88.3 Å². The second-order valence-corrected chi connectivity index (χ2v) is 6.78. The SMILES string of the molecule is Cc1cc(-c2ccccc2)c(N2C(=O)NC(Cc3ccccc3)C2=O)c(=O)[nH]1. The van der Waals surface area contributed by atoms with Crippen LogP contribution in [0.15, 0.2) is 71.5 Å². The Bertz CT molecular complexity index is 1090. The fourth-order valence-electron chi connectivity index (χ4n) is 3.47. The summed E-state index contributed by atoms with van der Waals surface area (Å²) in [5.74, 6) is -0.430. The number of aromatic amines is 1. The van der Waals surface area contributed by atoms with Gasteiger partial charge in [0.2, 0.25) is 0 Å². The average Bonchev–Trinajstić information content (AvgIpc) is 2.96. The van der Waals surface area contributed by atoms with Crippen LogP contribution in [-0.2, 0) is 11.2 Å². The minimum Gasteiger partial charge on any atom is -0.325 e. The summed E-state index contributed by atoms with van der Waals surface area (Å²) in [6.45, 7) is 1.77. The summed E-state index contributed by atoms with van der Waals surface area (Å²) in [5, 5.41) is 2.71. The summed E-state index contributed by atoms with van der Waals surface area (Å²) in [7, 11) is 0. The molecule has 0 aliphatic carbocycles. The number of benzene rings is 2. The molecule has 2 aromatic carbocycles. The number of carbonyl (C=O) groups excluding carboxylic acids is 2. The predicted octanol–water partition coefficient (Wildman–Crippen LogP) is 3.02. The fourth-order valence-corrected chi connectivity index (χ4v) is 3.47. The minimum atomic E-state index is -0.709. The van der Waals surface area contributed by atoms with Crippen LogP contribution >= 0.6 is 0 Å². The summed E-state index contributed by atoms with van der Waals surface area (Å²) in [4.78, 5) is 42.1. The van der Waals surface area contributed by atoms with E-state index < -0.39 is 23.5 Å². The van der Waals surface area contributed by atoms with E-state index >= 15 is 0 Å². The van der Waals surface area contributed by atoms with Gasteiger partial charge in [0.1, 0.15) is 11.7 Å². The van der Waals surface area contributed by atoms with Gasteiger partial charge in [0.15, 0.2) is 0 Å². The number of aryl methyl sites for hydroxylation is 1. The molecule has 0 saturated carbocycles. The van der Waals surface area contributed by atoms with E-state index in [2.05, 4.69) is 10.3 Å². The number of hydrogen-bond donors (Lipinski definition) is 2. The lowest BCUT2D eigenvalue weighted by molar-refractivity contribution is -0.118. The molecular formula is C22H19N3O3. The summed E-state index contributed by atoms with van der Waals surface area (Å²) < 4.78 is 0. The molecule has 140 valence electrons. The molecule has 1 aliphatic rings. The Balaban J connectivity index is 1.76. The molecule has 28 heavy (non-hydrogen) atoms. The molecule has 1 fully saturated rings. The van der Waals surface area contributed by atoms with Crippen molar-refractivity contribution in [2.45, 2.75) is 19.4 Å². The maximum Gasteiger partial charge on any atom is 0.329 e. The van der Waals surface area contributed by atoms with Gasteiger partial charge in [-0.2, -0.15) is 0 Å². The molecule has 6 nitrogen and oxygen atoms in total. The van der Waals surface area contributed by atoms with Crippen molar-refractivity contribution in [1.82, 2.24) is 10.3 Å². The first-order valence-electron chi connectivity index (χ1n) is 9.02. The third-order valence-electron chi connectivity index (χ3n) is 4.75. The average molecular weight is 373 g/mol. The zero-order valence-corrected chi connectivity index (χ0v) is 15.3. The molecular weight excluding hydrogens is 354 g/mol. The molecule has 0 radical (unpaired) electrons. The minimum absolute atomic E-state index is 0.0508. The van der Waals surface area contributed by atoms with E-state index in [1.54, 1.807) is 13.0 Å². The lowest BCUT2D eigenvalue weighted by Gasteiger charge is -2.17. The molecule has 3 aromatic rings. The molecule has 1 aliphatic heterocycles. The first-order valence-corrected chi connectivity index (χ1v) is 9.02. The van der Waals surface area contributed by atoms with Crippen molar-refractivity contribution in [3.8, 4) is 11.1 Å². The highest BCUT2D eigenvalue weighted by atomic mass is 16.2. The normalized spacial score (nSPS) is 16.3. The Morgan fingerprint density at radius 2 is 1.57 bits per heavy atom. The van der Waals surface area contributed by atoms with E-state index in [0.29, 0.717) is 17.7 Å². The monoisotopic (exact) mass is 373 g/mol. The quantitative estimate of drug-likeness (QED) is 0.690. The van der Waals surface area contributed by atoms with Crippen LogP contribution in [0.3, 0.4) is 0 Å². The number of urea groups is 1. The molecule has 1 unspecified atom stereocenters. The Morgan fingerprint density at radius 3 is 2.25 bits per heavy atom. The molecule has 1 saturated heterocycles. The van der Waals surface area contributed by atoms with Gasteiger partial charge in [0.25, 0.3) is 11.5 Å². The Kier molecular flexibility index (Phi) is 4.53. The molecule has 0 spiro atoms. The molecule has 4 rings (SSSR count). The van der Waals surface area contributed by atoms with Crippen LogP contribution in [0.5, 0.6) is 0 Å². The van der Waals surface area contributed by atoms with Crippen LogP contribution in [0.25, 0.3) is 11.1 Å². The molecule has 2 heterocycles. The third-order valence-corrected chi connectivity index (χ3v) is 4.75. The summed E-state index contributed by atoms with van der Waals surface area (Å²) in [6, 6.07) is 19.2. The maximum absolute atomic E-state index is 13.0. The van der Waals surface area contributed by atoms with E-state index in [-0.39, 0.29) is 5.69 Å². The number of amides is 3. The Morgan fingerprint density at radius 1 is 0.929 bits per heavy atom. The topological polar surface area (TPSA) is 82.3 Å².